The largest absolute Gasteiger partial charge is 0.378 e. The van der Waals surface area contributed by atoms with E-state index in [9.17, 15) is 8.78 Å². The molecule has 0 saturated carbocycles. The van der Waals surface area contributed by atoms with E-state index >= 15 is 0 Å². The normalized spacial score (nSPS) is 10.6. The van der Waals surface area contributed by atoms with Crippen molar-refractivity contribution >= 4 is 17.5 Å². The molecule has 0 aliphatic carbocycles. The fourth-order valence-corrected chi connectivity index (χ4v) is 1.81. The highest BCUT2D eigenvalue weighted by Crippen LogP contribution is 2.14. The quantitative estimate of drug-likeness (QED) is 0.862. The minimum Gasteiger partial charge on any atom is -0.378 e. The van der Waals surface area contributed by atoms with Crippen LogP contribution in [-0.4, -0.2) is 17.1 Å². The summed E-state index contributed by atoms with van der Waals surface area (Å²) in [6, 6.07) is 4.95. The molecule has 0 aliphatic heterocycles. The molecule has 1 aromatic carbocycles. The minimum absolute atomic E-state index is 0.124. The smallest absolute Gasteiger partial charge is 0.224 e. The predicted molar refractivity (Wildman–Crippen MR) is 71.4 cm³/mol. The van der Waals surface area contributed by atoms with Crippen LogP contribution in [0.1, 0.15) is 11.3 Å². The molecule has 4 nitrogen and oxygen atoms in total. The zero-order valence-corrected chi connectivity index (χ0v) is 11.4. The van der Waals surface area contributed by atoms with E-state index in [0.717, 1.165) is 6.07 Å². The number of aromatic nitrogens is 2. The van der Waals surface area contributed by atoms with Crippen molar-refractivity contribution in [3.05, 3.63) is 52.3 Å². The molecule has 0 aliphatic rings. The Balaban J connectivity index is 2.10. The van der Waals surface area contributed by atoms with Gasteiger partial charge in [-0.2, -0.15) is 0 Å². The number of anilines is 1. The molecule has 0 amide bonds. The molecule has 1 heterocycles. The molecule has 0 atom stereocenters. The maximum Gasteiger partial charge on any atom is 0.224 e. The molecule has 106 valence electrons. The Kier molecular flexibility index (Phi) is 4.81. The highest BCUT2D eigenvalue weighted by Gasteiger charge is 2.06. The number of nitrogens with one attached hydrogen (secondary N) is 1. The second kappa shape index (κ2) is 6.58. The monoisotopic (exact) mass is 299 g/mol. The predicted octanol–water partition coefficient (Wildman–Crippen LogP) is 3.17. The van der Waals surface area contributed by atoms with Crippen LogP contribution in [-0.2, 0) is 17.9 Å². The van der Waals surface area contributed by atoms with Crippen molar-refractivity contribution in [1.82, 2.24) is 9.97 Å². The van der Waals surface area contributed by atoms with E-state index in [1.807, 2.05) is 0 Å². The van der Waals surface area contributed by atoms with Crippen LogP contribution >= 0.6 is 11.6 Å². The topological polar surface area (TPSA) is 47.0 Å². The van der Waals surface area contributed by atoms with Crippen molar-refractivity contribution in [1.29, 1.82) is 0 Å². The van der Waals surface area contributed by atoms with Crippen LogP contribution < -0.4 is 5.32 Å². The van der Waals surface area contributed by atoms with Crippen molar-refractivity contribution in [3.63, 3.8) is 0 Å². The van der Waals surface area contributed by atoms with Gasteiger partial charge in [-0.3, -0.25) is 0 Å². The maximum absolute atomic E-state index is 13.5. The van der Waals surface area contributed by atoms with E-state index in [-0.39, 0.29) is 17.6 Å². The highest BCUT2D eigenvalue weighted by molar-refractivity contribution is 6.29. The van der Waals surface area contributed by atoms with Crippen molar-refractivity contribution < 1.29 is 13.5 Å². The van der Waals surface area contributed by atoms with Crippen LogP contribution in [0.3, 0.4) is 0 Å². The molecule has 0 radical (unpaired) electrons. The Hall–Kier alpha value is -1.79. The van der Waals surface area contributed by atoms with Gasteiger partial charge in [0.05, 0.1) is 12.3 Å². The third-order valence-corrected chi connectivity index (χ3v) is 2.69. The fourth-order valence-electron chi connectivity index (χ4n) is 1.60. The number of nitrogens with zero attached hydrogens (tertiary/aromatic N) is 2. The van der Waals surface area contributed by atoms with Gasteiger partial charge in [0.25, 0.3) is 0 Å². The second-order valence-electron chi connectivity index (χ2n) is 4.03. The van der Waals surface area contributed by atoms with Crippen molar-refractivity contribution in [3.8, 4) is 0 Å². The number of benzene rings is 1. The maximum atomic E-state index is 13.5. The molecule has 7 heteroatoms. The van der Waals surface area contributed by atoms with Gasteiger partial charge >= 0.3 is 0 Å². The summed E-state index contributed by atoms with van der Waals surface area (Å²) in [4.78, 5) is 8.13. The first-order valence-electron chi connectivity index (χ1n) is 5.78. The van der Waals surface area contributed by atoms with E-state index in [1.165, 1.54) is 19.2 Å². The van der Waals surface area contributed by atoms with Crippen LogP contribution in [0, 0.1) is 11.6 Å². The molecule has 2 aromatic rings. The number of halogens is 3. The van der Waals surface area contributed by atoms with E-state index < -0.39 is 11.6 Å². The summed E-state index contributed by atoms with van der Waals surface area (Å²) in [7, 11) is 1.54. The molecular formula is C13H12ClF2N3O. The number of rotatable bonds is 5. The lowest BCUT2D eigenvalue weighted by Crippen LogP contribution is -2.07. The van der Waals surface area contributed by atoms with Gasteiger partial charge in [-0.15, -0.1) is 0 Å². The summed E-state index contributed by atoms with van der Waals surface area (Å²) in [6.45, 7) is 0.417. The molecular weight excluding hydrogens is 288 g/mol. The first-order chi connectivity index (χ1) is 9.58. The first-order valence-corrected chi connectivity index (χ1v) is 6.16. The summed E-state index contributed by atoms with van der Waals surface area (Å²) in [5.41, 5.74) is 0.915. The second-order valence-corrected chi connectivity index (χ2v) is 4.42. The van der Waals surface area contributed by atoms with E-state index in [0.29, 0.717) is 17.9 Å². The van der Waals surface area contributed by atoms with E-state index in [4.69, 9.17) is 16.3 Å². The van der Waals surface area contributed by atoms with Crippen LogP contribution in [0.5, 0.6) is 0 Å². The third kappa shape index (κ3) is 3.85. The molecule has 0 fully saturated rings. The van der Waals surface area contributed by atoms with Gasteiger partial charge < -0.3 is 10.1 Å². The number of ether oxygens (including phenoxy) is 1. The van der Waals surface area contributed by atoms with Gasteiger partial charge in [0, 0.05) is 25.3 Å². The lowest BCUT2D eigenvalue weighted by molar-refractivity contribution is 0.181. The fraction of sp³-hybridized carbons (Fsp3) is 0.231. The van der Waals surface area contributed by atoms with Gasteiger partial charge in [0.1, 0.15) is 16.8 Å². The van der Waals surface area contributed by atoms with Gasteiger partial charge in [0.15, 0.2) is 0 Å². The Morgan fingerprint density at radius 3 is 2.75 bits per heavy atom. The van der Waals surface area contributed by atoms with Crippen LogP contribution in [0.25, 0.3) is 0 Å². The molecule has 0 bridgehead atoms. The molecule has 0 unspecified atom stereocenters. The van der Waals surface area contributed by atoms with E-state index in [1.54, 1.807) is 6.07 Å². The number of hydrogen-bond acceptors (Lipinski definition) is 4. The Bertz CT molecular complexity index is 610. The van der Waals surface area contributed by atoms with Gasteiger partial charge in [-0.05, 0) is 12.1 Å². The van der Waals surface area contributed by atoms with E-state index in [2.05, 4.69) is 15.3 Å². The summed E-state index contributed by atoms with van der Waals surface area (Å²) < 4.78 is 31.2. The van der Waals surface area contributed by atoms with Gasteiger partial charge in [-0.1, -0.05) is 17.7 Å². The van der Waals surface area contributed by atoms with Gasteiger partial charge in [-0.25, -0.2) is 18.7 Å². The third-order valence-electron chi connectivity index (χ3n) is 2.49. The molecule has 2 rings (SSSR count). The zero-order valence-electron chi connectivity index (χ0n) is 10.7. The minimum atomic E-state index is -0.628. The Morgan fingerprint density at radius 1 is 1.25 bits per heavy atom. The van der Waals surface area contributed by atoms with Crippen molar-refractivity contribution in [2.45, 2.75) is 13.2 Å². The zero-order chi connectivity index (χ0) is 14.5. The standard InChI is InChI=1S/C13H12ClF2N3O/c1-20-7-10-5-12(14)19-13(18-10)17-6-8-2-3-9(15)4-11(8)16/h2-5H,6-7H2,1H3,(H,17,18,19). The SMILES string of the molecule is COCc1cc(Cl)nc(NCc2ccc(F)cc2F)n1. The summed E-state index contributed by atoms with van der Waals surface area (Å²) in [5, 5.41) is 3.09. The summed E-state index contributed by atoms with van der Waals surface area (Å²) in [6.07, 6.45) is 0. The van der Waals surface area contributed by atoms with Crippen LogP contribution in [0.15, 0.2) is 24.3 Å². The van der Waals surface area contributed by atoms with Gasteiger partial charge in [0.2, 0.25) is 5.95 Å². The summed E-state index contributed by atoms with van der Waals surface area (Å²) in [5.74, 6) is -0.988. The average molecular weight is 300 g/mol. The first kappa shape index (κ1) is 14.6. The Labute approximate surface area is 119 Å². The number of hydrogen-bond donors (Lipinski definition) is 1. The molecule has 20 heavy (non-hydrogen) atoms. The molecule has 0 saturated heterocycles. The van der Waals surface area contributed by atoms with Crippen molar-refractivity contribution in [2.75, 3.05) is 12.4 Å². The van der Waals surface area contributed by atoms with Crippen LogP contribution in [0.4, 0.5) is 14.7 Å². The lowest BCUT2D eigenvalue weighted by Gasteiger charge is -2.08. The Morgan fingerprint density at radius 2 is 2.05 bits per heavy atom. The number of methoxy groups -OCH3 is 1. The molecule has 0 spiro atoms. The van der Waals surface area contributed by atoms with Crippen molar-refractivity contribution in [2.24, 2.45) is 0 Å². The average Bonchev–Trinajstić information content (AvgIpc) is 2.37. The summed E-state index contributed by atoms with van der Waals surface area (Å²) >= 11 is 5.85. The lowest BCUT2D eigenvalue weighted by atomic mass is 10.2. The van der Waals surface area contributed by atoms with Crippen LogP contribution in [0.2, 0.25) is 5.15 Å². The highest BCUT2D eigenvalue weighted by atomic mass is 35.5. The molecule has 1 aromatic heterocycles. The molecule has 1 N–H and O–H groups in total.